The molecule has 0 bridgehead atoms. The van der Waals surface area contributed by atoms with Crippen molar-refractivity contribution >= 4 is 34.8 Å². The van der Waals surface area contributed by atoms with Crippen molar-refractivity contribution < 1.29 is 9.59 Å². The molecule has 9 heteroatoms. The number of tetrazole rings is 1. The molecule has 0 atom stereocenters. The third-order valence-corrected chi connectivity index (χ3v) is 4.38. The molecule has 28 heavy (non-hydrogen) atoms. The highest BCUT2D eigenvalue weighted by Crippen LogP contribution is 2.26. The minimum Gasteiger partial charge on any atom is -0.325 e. The molecule has 3 aromatic rings. The van der Waals surface area contributed by atoms with E-state index in [2.05, 4.69) is 26.0 Å². The number of carbonyl (C=O) groups excluding carboxylic acids is 2. The molecule has 0 saturated heterocycles. The minimum atomic E-state index is -0.258. The molecular formula is C19H19ClN6O2. The average Bonchev–Trinajstić information content (AvgIpc) is 3.08. The molecule has 2 aromatic carbocycles. The highest BCUT2D eigenvalue weighted by atomic mass is 35.5. The number of aryl methyl sites for hydroxylation is 2. The van der Waals surface area contributed by atoms with E-state index in [0.29, 0.717) is 27.8 Å². The van der Waals surface area contributed by atoms with E-state index in [1.54, 1.807) is 18.2 Å². The zero-order valence-corrected chi connectivity index (χ0v) is 16.4. The molecule has 8 nitrogen and oxygen atoms in total. The van der Waals surface area contributed by atoms with Gasteiger partial charge in [0.2, 0.25) is 17.6 Å². The molecule has 0 aliphatic rings. The zero-order valence-electron chi connectivity index (χ0n) is 15.7. The summed E-state index contributed by atoms with van der Waals surface area (Å²) in [4.78, 5) is 24.6. The molecule has 1 aromatic heterocycles. The van der Waals surface area contributed by atoms with Gasteiger partial charge in [0.1, 0.15) is 6.54 Å². The van der Waals surface area contributed by atoms with E-state index in [1.165, 1.54) is 11.7 Å². The van der Waals surface area contributed by atoms with Crippen molar-refractivity contribution in [1.82, 2.24) is 20.2 Å². The van der Waals surface area contributed by atoms with E-state index >= 15 is 0 Å². The van der Waals surface area contributed by atoms with Crippen molar-refractivity contribution in [3.63, 3.8) is 0 Å². The smallest absolute Gasteiger partial charge is 0.248 e. The van der Waals surface area contributed by atoms with Crippen molar-refractivity contribution in [2.75, 3.05) is 10.6 Å². The van der Waals surface area contributed by atoms with Gasteiger partial charge in [0.05, 0.1) is 10.7 Å². The molecule has 3 rings (SSSR count). The Morgan fingerprint density at radius 3 is 2.54 bits per heavy atom. The van der Waals surface area contributed by atoms with Crippen LogP contribution < -0.4 is 10.6 Å². The van der Waals surface area contributed by atoms with Crippen LogP contribution in [0.1, 0.15) is 18.1 Å². The molecule has 144 valence electrons. The number of carbonyl (C=O) groups is 2. The summed E-state index contributed by atoms with van der Waals surface area (Å²) < 4.78 is 0. The molecule has 0 aliphatic carbocycles. The topological polar surface area (TPSA) is 102 Å². The summed E-state index contributed by atoms with van der Waals surface area (Å²) in [5.74, 6) is -0.144. The van der Waals surface area contributed by atoms with Gasteiger partial charge in [-0.1, -0.05) is 17.7 Å². The van der Waals surface area contributed by atoms with Gasteiger partial charge < -0.3 is 10.6 Å². The zero-order chi connectivity index (χ0) is 20.3. The van der Waals surface area contributed by atoms with E-state index in [4.69, 9.17) is 11.6 Å². The number of nitrogens with zero attached hydrogens (tertiary/aromatic N) is 4. The highest BCUT2D eigenvalue weighted by molar-refractivity contribution is 6.34. The number of halogens is 1. The Kier molecular flexibility index (Phi) is 5.70. The molecule has 0 unspecified atom stereocenters. The van der Waals surface area contributed by atoms with Crippen LogP contribution in [-0.4, -0.2) is 32.0 Å². The van der Waals surface area contributed by atoms with Gasteiger partial charge in [-0.15, -0.1) is 10.2 Å². The lowest BCUT2D eigenvalue weighted by molar-refractivity contribution is -0.117. The van der Waals surface area contributed by atoms with Gasteiger partial charge in [0.15, 0.2) is 0 Å². The molecule has 2 amide bonds. The second kappa shape index (κ2) is 8.18. The molecule has 0 saturated carbocycles. The number of aromatic nitrogens is 4. The first-order valence-corrected chi connectivity index (χ1v) is 8.92. The summed E-state index contributed by atoms with van der Waals surface area (Å²) in [6.07, 6.45) is 0. The van der Waals surface area contributed by atoms with Gasteiger partial charge in [-0.3, -0.25) is 9.59 Å². The molecule has 0 fully saturated rings. The second-order valence-electron chi connectivity index (χ2n) is 6.37. The number of amides is 2. The van der Waals surface area contributed by atoms with Crippen LogP contribution >= 0.6 is 11.6 Å². The summed E-state index contributed by atoms with van der Waals surface area (Å²) in [5.41, 5.74) is 4.09. The Balaban J connectivity index is 1.68. The standard InChI is InChI=1S/C19H19ClN6O2/c1-11-4-6-15(8-12(11)2)22-18(28)10-26-24-19(23-25-26)14-5-7-17(16(20)9-14)21-13(3)27/h4-9H,10H2,1-3H3,(H,21,27)(H,22,28). The highest BCUT2D eigenvalue weighted by Gasteiger charge is 2.12. The van der Waals surface area contributed by atoms with Crippen LogP contribution in [0.4, 0.5) is 11.4 Å². The Morgan fingerprint density at radius 1 is 1.07 bits per heavy atom. The second-order valence-corrected chi connectivity index (χ2v) is 6.77. The number of hydrogen-bond acceptors (Lipinski definition) is 5. The molecular weight excluding hydrogens is 380 g/mol. The molecule has 0 spiro atoms. The number of hydrogen-bond donors (Lipinski definition) is 2. The van der Waals surface area contributed by atoms with Gasteiger partial charge in [-0.2, -0.15) is 4.80 Å². The summed E-state index contributed by atoms with van der Waals surface area (Å²) in [6.45, 7) is 5.33. The number of anilines is 2. The lowest BCUT2D eigenvalue weighted by atomic mass is 10.1. The maximum atomic E-state index is 12.2. The van der Waals surface area contributed by atoms with Crippen molar-refractivity contribution in [3.8, 4) is 11.4 Å². The fourth-order valence-electron chi connectivity index (χ4n) is 2.52. The SMILES string of the molecule is CC(=O)Nc1ccc(-c2nnn(CC(=O)Nc3ccc(C)c(C)c3)n2)cc1Cl. The van der Waals surface area contributed by atoms with Gasteiger partial charge in [-0.05, 0) is 60.5 Å². The number of nitrogens with one attached hydrogen (secondary N) is 2. The normalized spacial score (nSPS) is 10.6. The Labute approximate surface area is 166 Å². The quantitative estimate of drug-likeness (QED) is 0.687. The number of rotatable bonds is 5. The lowest BCUT2D eigenvalue weighted by Gasteiger charge is -2.07. The van der Waals surface area contributed by atoms with Crippen molar-refractivity contribution in [2.45, 2.75) is 27.3 Å². The molecule has 0 radical (unpaired) electrons. The maximum Gasteiger partial charge on any atom is 0.248 e. The predicted octanol–water partition coefficient (Wildman–Crippen LogP) is 3.21. The van der Waals surface area contributed by atoms with E-state index in [0.717, 1.165) is 11.1 Å². The molecule has 1 heterocycles. The third-order valence-electron chi connectivity index (χ3n) is 4.07. The Hall–Kier alpha value is -3.26. The lowest BCUT2D eigenvalue weighted by Crippen LogP contribution is -2.20. The maximum absolute atomic E-state index is 12.2. The first-order valence-electron chi connectivity index (χ1n) is 8.54. The summed E-state index contributed by atoms with van der Waals surface area (Å²) in [7, 11) is 0. The molecule has 2 N–H and O–H groups in total. The fourth-order valence-corrected chi connectivity index (χ4v) is 2.75. The third kappa shape index (κ3) is 4.72. The van der Waals surface area contributed by atoms with Gasteiger partial charge >= 0.3 is 0 Å². The van der Waals surface area contributed by atoms with E-state index in [9.17, 15) is 9.59 Å². The van der Waals surface area contributed by atoms with E-state index in [-0.39, 0.29) is 18.4 Å². The van der Waals surface area contributed by atoms with Crippen LogP contribution in [0.15, 0.2) is 36.4 Å². The van der Waals surface area contributed by atoms with Crippen LogP contribution in [0.3, 0.4) is 0 Å². The Bertz CT molecular complexity index is 1050. The van der Waals surface area contributed by atoms with Gasteiger partial charge in [-0.25, -0.2) is 0 Å². The number of benzene rings is 2. The first kappa shape index (κ1) is 19.5. The van der Waals surface area contributed by atoms with Crippen LogP contribution in [0, 0.1) is 13.8 Å². The van der Waals surface area contributed by atoms with Crippen molar-refractivity contribution in [3.05, 3.63) is 52.5 Å². The van der Waals surface area contributed by atoms with Gasteiger partial charge in [0, 0.05) is 18.2 Å². The van der Waals surface area contributed by atoms with Crippen LogP contribution in [0.2, 0.25) is 5.02 Å². The predicted molar refractivity (Wildman–Crippen MR) is 107 cm³/mol. The van der Waals surface area contributed by atoms with E-state index < -0.39 is 0 Å². The Morgan fingerprint density at radius 2 is 1.86 bits per heavy atom. The summed E-state index contributed by atoms with van der Waals surface area (Å²) in [6, 6.07) is 10.7. The minimum absolute atomic E-state index is 0.0718. The molecule has 0 aliphatic heterocycles. The van der Waals surface area contributed by atoms with Gasteiger partial charge in [0.25, 0.3) is 0 Å². The first-order chi connectivity index (χ1) is 13.3. The largest absolute Gasteiger partial charge is 0.325 e. The average molecular weight is 399 g/mol. The monoisotopic (exact) mass is 398 g/mol. The summed E-state index contributed by atoms with van der Waals surface area (Å²) in [5, 5.41) is 17.9. The van der Waals surface area contributed by atoms with Crippen LogP contribution in [0.5, 0.6) is 0 Å². The van der Waals surface area contributed by atoms with Crippen molar-refractivity contribution in [1.29, 1.82) is 0 Å². The van der Waals surface area contributed by atoms with Crippen LogP contribution in [0.25, 0.3) is 11.4 Å². The van der Waals surface area contributed by atoms with Crippen LogP contribution in [-0.2, 0) is 16.1 Å². The van der Waals surface area contributed by atoms with Crippen molar-refractivity contribution in [2.24, 2.45) is 0 Å². The summed E-state index contributed by atoms with van der Waals surface area (Å²) >= 11 is 6.17. The van der Waals surface area contributed by atoms with E-state index in [1.807, 2.05) is 32.0 Å². The fraction of sp³-hybridized carbons (Fsp3) is 0.211.